The van der Waals surface area contributed by atoms with Crippen LogP contribution < -0.4 is 4.74 Å². The van der Waals surface area contributed by atoms with Crippen molar-refractivity contribution in [1.82, 2.24) is 15.1 Å². The van der Waals surface area contributed by atoms with Gasteiger partial charge >= 0.3 is 0 Å². The summed E-state index contributed by atoms with van der Waals surface area (Å²) in [6.45, 7) is 2.32. The van der Waals surface area contributed by atoms with Crippen molar-refractivity contribution in [2.75, 3.05) is 20.2 Å². The first-order valence-corrected chi connectivity index (χ1v) is 9.48. The van der Waals surface area contributed by atoms with Gasteiger partial charge in [-0.25, -0.2) is 8.78 Å². The normalized spacial score (nSPS) is 17.6. The lowest BCUT2D eigenvalue weighted by Gasteiger charge is -2.32. The van der Waals surface area contributed by atoms with Crippen LogP contribution in [0.4, 0.5) is 8.78 Å². The third kappa shape index (κ3) is 3.92. The molecule has 1 aliphatic rings. The van der Waals surface area contributed by atoms with E-state index in [9.17, 15) is 8.78 Å². The number of nitrogens with zero attached hydrogens (tertiary/aromatic N) is 2. The topological polar surface area (TPSA) is 41.1 Å². The molecule has 28 heavy (non-hydrogen) atoms. The first-order chi connectivity index (χ1) is 13.6. The summed E-state index contributed by atoms with van der Waals surface area (Å²) in [5.41, 5.74) is 3.68. The SMILES string of the molecule is COc1ccc(CN2CCC[C@@H](c3[nH]ncc3-c3ccc(F)cc3)C2)c(F)c1. The molecule has 0 radical (unpaired) electrons. The number of ether oxygens (including phenoxy) is 1. The lowest BCUT2D eigenvalue weighted by atomic mass is 9.90. The maximum atomic E-state index is 14.3. The minimum atomic E-state index is -0.251. The summed E-state index contributed by atoms with van der Waals surface area (Å²) in [5.74, 6) is 0.311. The number of likely N-dealkylation sites (tertiary alicyclic amines) is 1. The summed E-state index contributed by atoms with van der Waals surface area (Å²) in [6.07, 6.45) is 3.87. The zero-order valence-electron chi connectivity index (χ0n) is 15.8. The minimum absolute atomic E-state index is 0.241. The van der Waals surface area contributed by atoms with E-state index in [1.54, 1.807) is 30.5 Å². The van der Waals surface area contributed by atoms with Crippen molar-refractivity contribution < 1.29 is 13.5 Å². The van der Waals surface area contributed by atoms with Gasteiger partial charge in [-0.05, 0) is 43.1 Å². The second kappa shape index (κ2) is 8.10. The van der Waals surface area contributed by atoms with Gasteiger partial charge in [0.2, 0.25) is 0 Å². The lowest BCUT2D eigenvalue weighted by molar-refractivity contribution is 0.196. The third-order valence-electron chi connectivity index (χ3n) is 5.39. The number of nitrogens with one attached hydrogen (secondary N) is 1. The number of H-pyrrole nitrogens is 1. The Hall–Kier alpha value is -2.73. The van der Waals surface area contributed by atoms with E-state index in [1.807, 2.05) is 0 Å². The molecular formula is C22H23F2N3O. The van der Waals surface area contributed by atoms with E-state index >= 15 is 0 Å². The average molecular weight is 383 g/mol. The molecule has 0 bridgehead atoms. The van der Waals surface area contributed by atoms with E-state index in [0.29, 0.717) is 17.9 Å². The molecule has 1 saturated heterocycles. The lowest BCUT2D eigenvalue weighted by Crippen LogP contribution is -2.34. The molecule has 3 aromatic rings. The van der Waals surface area contributed by atoms with Crippen LogP contribution in [0, 0.1) is 11.6 Å². The van der Waals surface area contributed by atoms with Crippen molar-refractivity contribution in [3.8, 4) is 16.9 Å². The summed E-state index contributed by atoms with van der Waals surface area (Å²) in [7, 11) is 1.53. The average Bonchev–Trinajstić information content (AvgIpc) is 3.20. The first-order valence-electron chi connectivity index (χ1n) is 9.48. The third-order valence-corrected chi connectivity index (χ3v) is 5.39. The minimum Gasteiger partial charge on any atom is -0.497 e. The predicted molar refractivity (Wildman–Crippen MR) is 104 cm³/mol. The molecule has 2 aromatic carbocycles. The highest BCUT2D eigenvalue weighted by molar-refractivity contribution is 5.65. The molecule has 146 valence electrons. The molecule has 0 saturated carbocycles. The van der Waals surface area contributed by atoms with Crippen LogP contribution in [0.1, 0.15) is 30.0 Å². The van der Waals surface area contributed by atoms with Gasteiger partial charge in [-0.3, -0.25) is 10.00 Å². The molecule has 2 heterocycles. The molecule has 1 fully saturated rings. The van der Waals surface area contributed by atoms with Crippen molar-refractivity contribution in [3.63, 3.8) is 0 Å². The highest BCUT2D eigenvalue weighted by atomic mass is 19.1. The predicted octanol–water partition coefficient (Wildman–Crippen LogP) is 4.74. The number of aromatic nitrogens is 2. The zero-order chi connectivity index (χ0) is 19.5. The molecule has 6 heteroatoms. The van der Waals surface area contributed by atoms with Crippen molar-refractivity contribution in [1.29, 1.82) is 0 Å². The quantitative estimate of drug-likeness (QED) is 0.692. The highest BCUT2D eigenvalue weighted by Crippen LogP contribution is 2.33. The Morgan fingerprint density at radius 3 is 2.75 bits per heavy atom. The van der Waals surface area contributed by atoms with Gasteiger partial charge in [-0.15, -0.1) is 0 Å². The van der Waals surface area contributed by atoms with Crippen molar-refractivity contribution >= 4 is 0 Å². The van der Waals surface area contributed by atoms with Crippen LogP contribution in [0.5, 0.6) is 5.75 Å². The van der Waals surface area contributed by atoms with Gasteiger partial charge in [-0.2, -0.15) is 5.10 Å². The fourth-order valence-electron chi connectivity index (χ4n) is 3.93. The highest BCUT2D eigenvalue weighted by Gasteiger charge is 2.25. The summed E-state index contributed by atoms with van der Waals surface area (Å²) < 4.78 is 32.7. The number of halogens is 2. The Labute approximate surface area is 163 Å². The molecule has 1 aromatic heterocycles. The molecule has 0 aliphatic carbocycles. The van der Waals surface area contributed by atoms with Gasteiger partial charge in [-0.1, -0.05) is 18.2 Å². The second-order valence-electron chi connectivity index (χ2n) is 7.24. The Morgan fingerprint density at radius 2 is 2.00 bits per heavy atom. The number of benzene rings is 2. The number of piperidine rings is 1. The fraction of sp³-hybridized carbons (Fsp3) is 0.318. The van der Waals surface area contributed by atoms with E-state index in [4.69, 9.17) is 4.74 Å². The van der Waals surface area contributed by atoms with Gasteiger partial charge in [0, 0.05) is 41.9 Å². The summed E-state index contributed by atoms with van der Waals surface area (Å²) in [4.78, 5) is 2.27. The number of hydrogen-bond acceptors (Lipinski definition) is 3. The van der Waals surface area contributed by atoms with E-state index in [1.165, 1.54) is 25.3 Å². The summed E-state index contributed by atoms with van der Waals surface area (Å²) in [6, 6.07) is 11.5. The van der Waals surface area contributed by atoms with Crippen LogP contribution in [0.2, 0.25) is 0 Å². The molecule has 4 nitrogen and oxygen atoms in total. The Balaban J connectivity index is 1.50. The first kappa shape index (κ1) is 18.6. The van der Waals surface area contributed by atoms with Crippen LogP contribution in [-0.2, 0) is 6.54 Å². The second-order valence-corrected chi connectivity index (χ2v) is 7.24. The Bertz CT molecular complexity index is 939. The number of hydrogen-bond donors (Lipinski definition) is 1. The van der Waals surface area contributed by atoms with Gasteiger partial charge in [0.15, 0.2) is 0 Å². The van der Waals surface area contributed by atoms with E-state index in [0.717, 1.165) is 42.8 Å². The smallest absolute Gasteiger partial charge is 0.131 e. The number of rotatable bonds is 5. The molecule has 1 N–H and O–H groups in total. The maximum Gasteiger partial charge on any atom is 0.131 e. The number of methoxy groups -OCH3 is 1. The van der Waals surface area contributed by atoms with Gasteiger partial charge < -0.3 is 4.74 Å². The fourth-order valence-corrected chi connectivity index (χ4v) is 3.93. The number of aromatic amines is 1. The Morgan fingerprint density at radius 1 is 1.18 bits per heavy atom. The zero-order valence-corrected chi connectivity index (χ0v) is 15.8. The summed E-state index contributed by atoms with van der Waals surface area (Å²) >= 11 is 0. The van der Waals surface area contributed by atoms with Crippen LogP contribution in [-0.4, -0.2) is 35.3 Å². The van der Waals surface area contributed by atoms with Crippen molar-refractivity contribution in [3.05, 3.63) is 71.6 Å². The molecule has 0 unspecified atom stereocenters. The van der Waals surface area contributed by atoms with Gasteiger partial charge in [0.05, 0.1) is 13.3 Å². The Kier molecular flexibility index (Phi) is 5.39. The largest absolute Gasteiger partial charge is 0.497 e. The standard InChI is InChI=1S/C22H23F2N3O/c1-28-19-9-6-16(21(24)11-19)13-27-10-2-3-17(14-27)22-20(12-25-26-22)15-4-7-18(23)8-5-15/h4-9,11-12,17H,2-3,10,13-14H2,1H3,(H,25,26)/t17-/m1/s1. The molecule has 0 spiro atoms. The summed E-state index contributed by atoms with van der Waals surface area (Å²) in [5, 5.41) is 7.37. The van der Waals surface area contributed by atoms with Gasteiger partial charge in [0.25, 0.3) is 0 Å². The maximum absolute atomic E-state index is 14.3. The molecule has 1 atom stereocenters. The van der Waals surface area contributed by atoms with Crippen LogP contribution >= 0.6 is 0 Å². The molecule has 1 aliphatic heterocycles. The van der Waals surface area contributed by atoms with E-state index in [-0.39, 0.29) is 17.6 Å². The monoisotopic (exact) mass is 383 g/mol. The van der Waals surface area contributed by atoms with E-state index < -0.39 is 0 Å². The van der Waals surface area contributed by atoms with Gasteiger partial charge in [0.1, 0.15) is 17.4 Å². The van der Waals surface area contributed by atoms with Crippen LogP contribution in [0.15, 0.2) is 48.7 Å². The van der Waals surface area contributed by atoms with Crippen LogP contribution in [0.3, 0.4) is 0 Å². The molecule has 0 amide bonds. The van der Waals surface area contributed by atoms with Crippen molar-refractivity contribution in [2.45, 2.75) is 25.3 Å². The van der Waals surface area contributed by atoms with Crippen LogP contribution in [0.25, 0.3) is 11.1 Å². The molecular weight excluding hydrogens is 360 g/mol. The van der Waals surface area contributed by atoms with Crippen molar-refractivity contribution in [2.24, 2.45) is 0 Å². The molecule has 4 rings (SSSR count). The van der Waals surface area contributed by atoms with E-state index in [2.05, 4.69) is 15.1 Å².